The zero-order valence-electron chi connectivity index (χ0n) is 12.1. The lowest BCUT2D eigenvalue weighted by atomic mass is 9.98. The molecule has 0 saturated carbocycles. The molecule has 1 unspecified atom stereocenters. The van der Waals surface area contributed by atoms with Crippen molar-refractivity contribution in [3.05, 3.63) is 35.4 Å². The highest BCUT2D eigenvalue weighted by Gasteiger charge is 2.33. The molecule has 1 aliphatic heterocycles. The molecule has 108 valence electrons. The number of hydrogen-bond donors (Lipinski definition) is 1. The van der Waals surface area contributed by atoms with Crippen LogP contribution in [0.3, 0.4) is 0 Å². The van der Waals surface area contributed by atoms with Crippen LogP contribution in [0, 0.1) is 5.92 Å². The molecule has 0 radical (unpaired) electrons. The third kappa shape index (κ3) is 2.73. The Balaban J connectivity index is 1.66. The van der Waals surface area contributed by atoms with Gasteiger partial charge in [-0.1, -0.05) is 24.3 Å². The Morgan fingerprint density at radius 2 is 1.85 bits per heavy atom. The minimum absolute atomic E-state index is 0.107. The summed E-state index contributed by atoms with van der Waals surface area (Å²) in [6.45, 7) is 3.37. The Morgan fingerprint density at radius 1 is 1.20 bits per heavy atom. The van der Waals surface area contributed by atoms with Gasteiger partial charge in [-0.3, -0.25) is 4.79 Å². The van der Waals surface area contributed by atoms with E-state index in [0.29, 0.717) is 13.0 Å². The van der Waals surface area contributed by atoms with E-state index in [1.807, 2.05) is 11.8 Å². The Kier molecular flexibility index (Phi) is 3.55. The summed E-state index contributed by atoms with van der Waals surface area (Å²) in [6, 6.07) is 8.37. The third-order valence-electron chi connectivity index (χ3n) is 4.78. The number of carbonyl (C=O) groups excluding carboxylic acids is 1. The second-order valence-electron chi connectivity index (χ2n) is 6.55. The molecular formula is C17H23NO2. The lowest BCUT2D eigenvalue weighted by Crippen LogP contribution is -2.38. The summed E-state index contributed by atoms with van der Waals surface area (Å²) < 4.78 is 0. The molecular weight excluding hydrogens is 250 g/mol. The smallest absolute Gasteiger partial charge is 0.226 e. The quantitative estimate of drug-likeness (QED) is 0.852. The third-order valence-corrected chi connectivity index (χ3v) is 4.78. The van der Waals surface area contributed by atoms with E-state index in [1.54, 1.807) is 0 Å². The molecule has 1 aromatic rings. The molecule has 3 rings (SSSR count). The molecule has 20 heavy (non-hydrogen) atoms. The summed E-state index contributed by atoms with van der Waals surface area (Å²) in [7, 11) is 0. The maximum atomic E-state index is 12.7. The minimum Gasteiger partial charge on any atom is -0.390 e. The van der Waals surface area contributed by atoms with Crippen molar-refractivity contribution in [2.75, 3.05) is 13.1 Å². The first-order valence-electron chi connectivity index (χ1n) is 7.63. The maximum absolute atomic E-state index is 12.7. The molecule has 0 aromatic heterocycles. The Morgan fingerprint density at radius 3 is 2.50 bits per heavy atom. The normalized spacial score (nSPS) is 27.2. The predicted octanol–water partition coefficient (Wildman–Crippen LogP) is 2.16. The molecule has 3 nitrogen and oxygen atoms in total. The zero-order chi connectivity index (χ0) is 14.2. The lowest BCUT2D eigenvalue weighted by molar-refractivity contribution is -0.135. The molecule has 1 amide bonds. The van der Waals surface area contributed by atoms with E-state index in [-0.39, 0.29) is 11.8 Å². The van der Waals surface area contributed by atoms with E-state index < -0.39 is 5.60 Å². The second kappa shape index (κ2) is 5.21. The highest BCUT2D eigenvalue weighted by atomic mass is 16.3. The SMILES string of the molecule is CC1(O)CCCN(C(=O)C2Cc3ccccc3C2)CC1. The number of aliphatic hydroxyl groups is 1. The summed E-state index contributed by atoms with van der Waals surface area (Å²) in [5.41, 5.74) is 2.05. The van der Waals surface area contributed by atoms with Crippen molar-refractivity contribution < 1.29 is 9.90 Å². The summed E-state index contributed by atoms with van der Waals surface area (Å²) >= 11 is 0. The van der Waals surface area contributed by atoms with Gasteiger partial charge in [-0.15, -0.1) is 0 Å². The predicted molar refractivity (Wildman–Crippen MR) is 78.4 cm³/mol. The monoisotopic (exact) mass is 273 g/mol. The van der Waals surface area contributed by atoms with Gasteiger partial charge in [-0.2, -0.15) is 0 Å². The van der Waals surface area contributed by atoms with E-state index in [4.69, 9.17) is 0 Å². The summed E-state index contributed by atoms with van der Waals surface area (Å²) in [6.07, 6.45) is 4.14. The lowest BCUT2D eigenvalue weighted by Gasteiger charge is -2.25. The number of hydrogen-bond acceptors (Lipinski definition) is 2. The Hall–Kier alpha value is -1.35. The van der Waals surface area contributed by atoms with Crippen LogP contribution in [0.4, 0.5) is 0 Å². The van der Waals surface area contributed by atoms with Gasteiger partial charge in [0.1, 0.15) is 0 Å². The fourth-order valence-corrected chi connectivity index (χ4v) is 3.48. The average molecular weight is 273 g/mol. The Bertz CT molecular complexity index is 484. The van der Waals surface area contributed by atoms with E-state index >= 15 is 0 Å². The van der Waals surface area contributed by atoms with Crippen molar-refractivity contribution >= 4 is 5.91 Å². The van der Waals surface area contributed by atoms with Gasteiger partial charge in [-0.25, -0.2) is 0 Å². The van der Waals surface area contributed by atoms with Crippen LogP contribution >= 0.6 is 0 Å². The standard InChI is InChI=1S/C17H23NO2/c1-17(20)7-4-9-18(10-8-17)16(19)15-11-13-5-2-3-6-14(13)12-15/h2-3,5-6,15,20H,4,7-12H2,1H3. The molecule has 1 saturated heterocycles. The average Bonchev–Trinajstić information content (AvgIpc) is 2.77. The van der Waals surface area contributed by atoms with E-state index in [0.717, 1.165) is 32.2 Å². The molecule has 1 atom stereocenters. The fourth-order valence-electron chi connectivity index (χ4n) is 3.48. The molecule has 1 heterocycles. The van der Waals surface area contributed by atoms with Gasteiger partial charge in [0.2, 0.25) is 5.91 Å². The van der Waals surface area contributed by atoms with E-state index in [1.165, 1.54) is 11.1 Å². The zero-order valence-corrected chi connectivity index (χ0v) is 12.1. The van der Waals surface area contributed by atoms with E-state index in [2.05, 4.69) is 24.3 Å². The van der Waals surface area contributed by atoms with Gasteiger partial charge < -0.3 is 10.0 Å². The Labute approximate surface area is 120 Å². The second-order valence-corrected chi connectivity index (χ2v) is 6.55. The summed E-state index contributed by atoms with van der Waals surface area (Å²) in [5.74, 6) is 0.384. The van der Waals surface area contributed by atoms with Crippen molar-refractivity contribution in [3.63, 3.8) is 0 Å². The van der Waals surface area contributed by atoms with Gasteiger partial charge in [0.25, 0.3) is 0 Å². The molecule has 1 N–H and O–H groups in total. The number of likely N-dealkylation sites (tertiary alicyclic amines) is 1. The van der Waals surface area contributed by atoms with Crippen molar-refractivity contribution in [1.82, 2.24) is 4.90 Å². The maximum Gasteiger partial charge on any atom is 0.226 e. The number of nitrogens with zero attached hydrogens (tertiary/aromatic N) is 1. The topological polar surface area (TPSA) is 40.5 Å². The molecule has 0 spiro atoms. The van der Waals surface area contributed by atoms with Crippen LogP contribution in [0.25, 0.3) is 0 Å². The highest BCUT2D eigenvalue weighted by Crippen LogP contribution is 2.29. The number of fused-ring (bicyclic) bond motifs is 1. The van der Waals surface area contributed by atoms with Gasteiger partial charge in [0.05, 0.1) is 5.60 Å². The van der Waals surface area contributed by atoms with Crippen LogP contribution in [0.5, 0.6) is 0 Å². The number of carbonyl (C=O) groups is 1. The molecule has 2 aliphatic rings. The van der Waals surface area contributed by atoms with Crippen LogP contribution in [0.15, 0.2) is 24.3 Å². The number of amides is 1. The van der Waals surface area contributed by atoms with E-state index in [9.17, 15) is 9.90 Å². The summed E-state index contributed by atoms with van der Waals surface area (Å²) in [5, 5.41) is 10.1. The molecule has 0 bridgehead atoms. The van der Waals surface area contributed by atoms with Crippen molar-refractivity contribution in [2.24, 2.45) is 5.92 Å². The summed E-state index contributed by atoms with van der Waals surface area (Å²) in [4.78, 5) is 14.6. The first kappa shape index (κ1) is 13.6. The van der Waals surface area contributed by atoms with Crippen molar-refractivity contribution in [2.45, 2.75) is 44.6 Å². The van der Waals surface area contributed by atoms with Crippen LogP contribution in [0.2, 0.25) is 0 Å². The van der Waals surface area contributed by atoms with Gasteiger partial charge in [0, 0.05) is 19.0 Å². The molecule has 3 heteroatoms. The van der Waals surface area contributed by atoms with Crippen LogP contribution in [-0.4, -0.2) is 34.6 Å². The number of benzene rings is 1. The van der Waals surface area contributed by atoms with Gasteiger partial charge >= 0.3 is 0 Å². The van der Waals surface area contributed by atoms with Crippen LogP contribution < -0.4 is 0 Å². The van der Waals surface area contributed by atoms with Crippen molar-refractivity contribution in [1.29, 1.82) is 0 Å². The van der Waals surface area contributed by atoms with Gasteiger partial charge in [0.15, 0.2) is 0 Å². The van der Waals surface area contributed by atoms with Crippen molar-refractivity contribution in [3.8, 4) is 0 Å². The van der Waals surface area contributed by atoms with Gasteiger partial charge in [-0.05, 0) is 50.2 Å². The van der Waals surface area contributed by atoms with Crippen LogP contribution in [0.1, 0.15) is 37.3 Å². The fraction of sp³-hybridized carbons (Fsp3) is 0.588. The molecule has 1 fully saturated rings. The molecule has 1 aromatic carbocycles. The van der Waals surface area contributed by atoms with Crippen LogP contribution in [-0.2, 0) is 17.6 Å². The first-order chi connectivity index (χ1) is 9.55. The largest absolute Gasteiger partial charge is 0.390 e. The highest BCUT2D eigenvalue weighted by molar-refractivity contribution is 5.80. The number of rotatable bonds is 1. The first-order valence-corrected chi connectivity index (χ1v) is 7.63. The minimum atomic E-state index is -0.604. The molecule has 1 aliphatic carbocycles.